The Hall–Kier alpha value is -0.830. The van der Waals surface area contributed by atoms with Crippen LogP contribution >= 0.6 is 0 Å². The Kier molecular flexibility index (Phi) is 3.78. The largest absolute Gasteiger partial charge is 0.348 e. The summed E-state index contributed by atoms with van der Waals surface area (Å²) in [5.74, 6) is 0. The molecule has 1 aromatic heterocycles. The number of nitrogens with one attached hydrogen (secondary N) is 1. The van der Waals surface area contributed by atoms with Crippen molar-refractivity contribution in [3.63, 3.8) is 0 Å². The van der Waals surface area contributed by atoms with Crippen molar-refractivity contribution in [3.8, 4) is 0 Å². The van der Waals surface area contributed by atoms with Gasteiger partial charge in [0.25, 0.3) is 0 Å². The molecule has 0 spiro atoms. The molecule has 1 N–H and O–H groups in total. The highest BCUT2D eigenvalue weighted by atomic mass is 15.1. The van der Waals surface area contributed by atoms with E-state index in [1.54, 1.807) is 6.33 Å². The first kappa shape index (κ1) is 10.7. The highest BCUT2D eigenvalue weighted by molar-refractivity contribution is 5.08. The summed E-state index contributed by atoms with van der Waals surface area (Å²) in [5.41, 5.74) is 2.44. The number of aromatic amines is 1. The van der Waals surface area contributed by atoms with E-state index >= 15 is 0 Å². The fraction of sp³-hybridized carbons (Fsp3) is 0.750. The van der Waals surface area contributed by atoms with E-state index in [1.165, 1.54) is 56.6 Å². The highest BCUT2D eigenvalue weighted by Gasteiger charge is 2.10. The van der Waals surface area contributed by atoms with Gasteiger partial charge in [0.05, 0.1) is 12.0 Å². The zero-order valence-electron chi connectivity index (χ0n) is 9.63. The van der Waals surface area contributed by atoms with Crippen molar-refractivity contribution in [2.24, 2.45) is 0 Å². The summed E-state index contributed by atoms with van der Waals surface area (Å²) in [5, 5.41) is 0. The number of aryl methyl sites for hydroxylation is 1. The number of aromatic nitrogens is 2. The zero-order valence-corrected chi connectivity index (χ0v) is 9.63. The second-order valence-electron chi connectivity index (χ2n) is 4.52. The smallest absolute Gasteiger partial charge is 0.0925 e. The van der Waals surface area contributed by atoms with Crippen LogP contribution in [0.2, 0.25) is 0 Å². The Morgan fingerprint density at radius 2 is 1.87 bits per heavy atom. The van der Waals surface area contributed by atoms with Gasteiger partial charge in [0, 0.05) is 12.2 Å². The molecular formula is C12H21N3. The molecule has 1 saturated heterocycles. The fourth-order valence-electron chi connectivity index (χ4n) is 2.23. The molecule has 0 bridgehead atoms. The van der Waals surface area contributed by atoms with Gasteiger partial charge < -0.3 is 4.98 Å². The van der Waals surface area contributed by atoms with Crippen LogP contribution in [0.3, 0.4) is 0 Å². The van der Waals surface area contributed by atoms with Gasteiger partial charge in [0.15, 0.2) is 0 Å². The number of H-pyrrole nitrogens is 1. The molecule has 0 aromatic carbocycles. The van der Waals surface area contributed by atoms with Crippen LogP contribution in [0.15, 0.2) is 6.33 Å². The zero-order chi connectivity index (χ0) is 10.5. The lowest BCUT2D eigenvalue weighted by molar-refractivity contribution is 0.237. The van der Waals surface area contributed by atoms with Gasteiger partial charge in [-0.15, -0.1) is 0 Å². The molecule has 0 saturated carbocycles. The molecule has 2 rings (SSSR count). The summed E-state index contributed by atoms with van der Waals surface area (Å²) in [6, 6.07) is 0. The maximum Gasteiger partial charge on any atom is 0.0925 e. The quantitative estimate of drug-likeness (QED) is 0.808. The normalized spacial score (nSPS) is 19.8. The lowest BCUT2D eigenvalue weighted by atomic mass is 10.1. The van der Waals surface area contributed by atoms with Crippen molar-refractivity contribution >= 4 is 0 Å². The van der Waals surface area contributed by atoms with Crippen molar-refractivity contribution in [2.45, 2.75) is 45.6 Å². The molecule has 3 nitrogen and oxygen atoms in total. The number of nitrogens with zero attached hydrogens (tertiary/aromatic N) is 2. The van der Waals surface area contributed by atoms with E-state index in [1.807, 2.05) is 0 Å². The van der Waals surface area contributed by atoms with Gasteiger partial charge in [-0.2, -0.15) is 0 Å². The monoisotopic (exact) mass is 207 g/mol. The van der Waals surface area contributed by atoms with Gasteiger partial charge >= 0.3 is 0 Å². The van der Waals surface area contributed by atoms with Gasteiger partial charge in [0.1, 0.15) is 0 Å². The summed E-state index contributed by atoms with van der Waals surface area (Å²) in [7, 11) is 0. The van der Waals surface area contributed by atoms with Gasteiger partial charge in [0.2, 0.25) is 0 Å². The second-order valence-corrected chi connectivity index (χ2v) is 4.52. The van der Waals surface area contributed by atoms with E-state index in [0.717, 1.165) is 6.54 Å². The molecular weight excluding hydrogens is 186 g/mol. The summed E-state index contributed by atoms with van der Waals surface area (Å²) >= 11 is 0. The van der Waals surface area contributed by atoms with Crippen LogP contribution in [0, 0.1) is 6.92 Å². The lowest BCUT2D eigenvalue weighted by Crippen LogP contribution is -2.27. The standard InChI is InChI=1S/C12H21N3/c1-11-12(14-10-13-11)9-15-7-5-3-2-4-6-8-15/h10H,2-9H2,1H3,(H,13,14). The Labute approximate surface area is 91.9 Å². The van der Waals surface area contributed by atoms with Crippen LogP contribution < -0.4 is 0 Å². The predicted octanol–water partition coefficient (Wildman–Crippen LogP) is 2.48. The minimum Gasteiger partial charge on any atom is -0.348 e. The van der Waals surface area contributed by atoms with Crippen LogP contribution in [0.1, 0.15) is 43.5 Å². The van der Waals surface area contributed by atoms with Gasteiger partial charge in [-0.3, -0.25) is 4.90 Å². The molecule has 15 heavy (non-hydrogen) atoms. The molecule has 0 amide bonds. The highest BCUT2D eigenvalue weighted by Crippen LogP contribution is 2.13. The maximum atomic E-state index is 4.37. The average Bonchev–Trinajstić information content (AvgIpc) is 2.56. The molecule has 1 aromatic rings. The molecule has 2 heterocycles. The van der Waals surface area contributed by atoms with Crippen molar-refractivity contribution in [3.05, 3.63) is 17.7 Å². The minimum atomic E-state index is 1.02. The maximum absolute atomic E-state index is 4.37. The molecule has 1 fully saturated rings. The predicted molar refractivity (Wildman–Crippen MR) is 61.7 cm³/mol. The van der Waals surface area contributed by atoms with Crippen molar-refractivity contribution in [1.29, 1.82) is 0 Å². The van der Waals surface area contributed by atoms with E-state index < -0.39 is 0 Å². The molecule has 0 radical (unpaired) electrons. The Morgan fingerprint density at radius 1 is 1.20 bits per heavy atom. The summed E-state index contributed by atoms with van der Waals surface area (Å²) < 4.78 is 0. The van der Waals surface area contributed by atoms with E-state index in [0.29, 0.717) is 0 Å². The molecule has 84 valence electrons. The van der Waals surface area contributed by atoms with Crippen LogP contribution in [0.5, 0.6) is 0 Å². The lowest BCUT2D eigenvalue weighted by Gasteiger charge is -2.23. The first-order chi connectivity index (χ1) is 7.36. The van der Waals surface area contributed by atoms with E-state index in [9.17, 15) is 0 Å². The van der Waals surface area contributed by atoms with Crippen molar-refractivity contribution in [1.82, 2.24) is 14.9 Å². The van der Waals surface area contributed by atoms with Gasteiger partial charge in [-0.1, -0.05) is 19.3 Å². The molecule has 1 aliphatic heterocycles. The van der Waals surface area contributed by atoms with E-state index in [2.05, 4.69) is 21.8 Å². The van der Waals surface area contributed by atoms with Crippen LogP contribution in [-0.2, 0) is 6.54 Å². The third kappa shape index (κ3) is 3.06. The average molecular weight is 207 g/mol. The second kappa shape index (κ2) is 5.31. The van der Waals surface area contributed by atoms with Crippen LogP contribution in [0.25, 0.3) is 0 Å². The third-order valence-electron chi connectivity index (χ3n) is 3.26. The van der Waals surface area contributed by atoms with E-state index in [-0.39, 0.29) is 0 Å². The molecule has 0 aliphatic carbocycles. The first-order valence-corrected chi connectivity index (χ1v) is 6.07. The Bertz CT molecular complexity index is 285. The van der Waals surface area contributed by atoms with Gasteiger partial charge in [-0.05, 0) is 32.9 Å². The SMILES string of the molecule is Cc1[nH]cnc1CN1CCCCCCC1. The molecule has 0 atom stereocenters. The number of imidazole rings is 1. The number of hydrogen-bond donors (Lipinski definition) is 1. The van der Waals surface area contributed by atoms with E-state index in [4.69, 9.17) is 0 Å². The molecule has 3 heteroatoms. The summed E-state index contributed by atoms with van der Waals surface area (Å²) in [6.07, 6.45) is 8.73. The number of hydrogen-bond acceptors (Lipinski definition) is 2. The van der Waals surface area contributed by atoms with Crippen LogP contribution in [0.4, 0.5) is 0 Å². The first-order valence-electron chi connectivity index (χ1n) is 6.07. The summed E-state index contributed by atoms with van der Waals surface area (Å²) in [4.78, 5) is 10.1. The van der Waals surface area contributed by atoms with Crippen molar-refractivity contribution in [2.75, 3.05) is 13.1 Å². The Balaban J connectivity index is 1.89. The molecule has 1 aliphatic rings. The summed E-state index contributed by atoms with van der Waals surface area (Å²) in [6.45, 7) is 5.61. The number of likely N-dealkylation sites (tertiary alicyclic amines) is 1. The minimum absolute atomic E-state index is 1.02. The molecule has 0 unspecified atom stereocenters. The van der Waals surface area contributed by atoms with Gasteiger partial charge in [-0.25, -0.2) is 4.98 Å². The van der Waals surface area contributed by atoms with Crippen LogP contribution in [-0.4, -0.2) is 28.0 Å². The third-order valence-corrected chi connectivity index (χ3v) is 3.26. The topological polar surface area (TPSA) is 31.9 Å². The Morgan fingerprint density at radius 3 is 2.47 bits per heavy atom. The number of rotatable bonds is 2. The van der Waals surface area contributed by atoms with Crippen molar-refractivity contribution < 1.29 is 0 Å². The fourth-order valence-corrected chi connectivity index (χ4v) is 2.23.